The molecule has 1 amide bonds. The summed E-state index contributed by atoms with van der Waals surface area (Å²) in [5, 5.41) is 0.950. The van der Waals surface area contributed by atoms with E-state index in [1.807, 2.05) is 18.2 Å². The van der Waals surface area contributed by atoms with E-state index >= 15 is 0 Å². The Balaban J connectivity index is 0.00000196. The molecule has 4 nitrogen and oxygen atoms in total. The topological polar surface area (TPSA) is 68.0 Å². The molecule has 0 spiro atoms. The van der Waals surface area contributed by atoms with Gasteiger partial charge in [-0.3, -0.25) is 10.2 Å². The molecule has 0 aromatic carbocycles. The molecule has 0 aliphatic carbocycles. The third-order valence-corrected chi connectivity index (χ3v) is 3.62. The molecular formula is C8H12ClN3OS2. The first-order chi connectivity index (χ1) is 6.83. The lowest BCUT2D eigenvalue weighted by Gasteiger charge is -1.99. The highest BCUT2D eigenvalue weighted by atomic mass is 35.5. The van der Waals surface area contributed by atoms with Crippen LogP contribution in [0.2, 0.25) is 0 Å². The molecule has 0 saturated heterocycles. The number of aromatic nitrogens is 1. The second kappa shape index (κ2) is 8.84. The maximum Gasteiger partial charge on any atom is 0.234 e. The summed E-state index contributed by atoms with van der Waals surface area (Å²) in [6, 6.07) is 5.74. The second-order valence-corrected chi connectivity index (χ2v) is 4.83. The van der Waals surface area contributed by atoms with Crippen LogP contribution < -0.4 is 11.3 Å². The molecular weight excluding hydrogens is 254 g/mol. The van der Waals surface area contributed by atoms with Crippen molar-refractivity contribution < 1.29 is 4.79 Å². The van der Waals surface area contributed by atoms with E-state index in [9.17, 15) is 4.79 Å². The molecule has 1 aromatic heterocycles. The summed E-state index contributed by atoms with van der Waals surface area (Å²) in [6.45, 7) is 0. The average Bonchev–Trinajstić information content (AvgIpc) is 2.25. The van der Waals surface area contributed by atoms with Crippen molar-refractivity contribution in [3.05, 3.63) is 24.4 Å². The van der Waals surface area contributed by atoms with Gasteiger partial charge >= 0.3 is 0 Å². The van der Waals surface area contributed by atoms with Crippen LogP contribution in [0.4, 0.5) is 0 Å². The van der Waals surface area contributed by atoms with E-state index in [0.29, 0.717) is 6.42 Å². The second-order valence-electron chi connectivity index (χ2n) is 2.39. The molecule has 0 aliphatic heterocycles. The maximum atomic E-state index is 10.7. The number of hydrogen-bond acceptors (Lipinski definition) is 5. The van der Waals surface area contributed by atoms with E-state index < -0.39 is 0 Å². The van der Waals surface area contributed by atoms with Crippen LogP contribution in [0.3, 0.4) is 0 Å². The molecule has 84 valence electrons. The van der Waals surface area contributed by atoms with Crippen LogP contribution in [0.1, 0.15) is 6.42 Å². The fraction of sp³-hybridized carbons (Fsp3) is 0.250. The molecule has 0 bridgehead atoms. The highest BCUT2D eigenvalue weighted by Crippen LogP contribution is 2.29. The van der Waals surface area contributed by atoms with Crippen LogP contribution in [-0.2, 0) is 4.79 Å². The zero-order valence-corrected chi connectivity index (χ0v) is 10.3. The summed E-state index contributed by atoms with van der Waals surface area (Å²) >= 11 is 0. The normalized spacial score (nSPS) is 9.13. The van der Waals surface area contributed by atoms with E-state index in [1.54, 1.807) is 27.8 Å². The number of halogens is 1. The standard InChI is InChI=1S/C8H11N3OS2.ClH/c9-11-7(12)4-6-13-14-8-3-1-2-5-10-8;/h1-3,5H,4,6,9H2,(H,11,12);1H. The molecule has 0 saturated carbocycles. The van der Waals surface area contributed by atoms with Crippen LogP contribution in [0.15, 0.2) is 29.4 Å². The van der Waals surface area contributed by atoms with Gasteiger partial charge in [-0.15, -0.1) is 12.4 Å². The Kier molecular flexibility index (Phi) is 8.59. The SMILES string of the molecule is Cl.NNC(=O)CCSSc1ccccn1. The van der Waals surface area contributed by atoms with Gasteiger partial charge in [-0.1, -0.05) is 16.9 Å². The fourth-order valence-corrected chi connectivity index (χ4v) is 2.57. The molecule has 0 radical (unpaired) electrons. The zero-order valence-electron chi connectivity index (χ0n) is 7.88. The lowest BCUT2D eigenvalue weighted by atomic mass is 10.5. The number of nitrogens with one attached hydrogen (secondary N) is 1. The van der Waals surface area contributed by atoms with Crippen LogP contribution in [0.5, 0.6) is 0 Å². The Hall–Kier alpha value is -0.430. The Bertz CT molecular complexity index is 286. The summed E-state index contributed by atoms with van der Waals surface area (Å²) in [4.78, 5) is 14.9. The minimum absolute atomic E-state index is 0. The number of nitrogens with two attached hydrogens (primary N) is 1. The number of rotatable bonds is 5. The van der Waals surface area contributed by atoms with Crippen molar-refractivity contribution in [3.63, 3.8) is 0 Å². The highest BCUT2D eigenvalue weighted by molar-refractivity contribution is 8.76. The van der Waals surface area contributed by atoms with Crippen LogP contribution in [-0.4, -0.2) is 16.6 Å². The predicted molar refractivity (Wildman–Crippen MR) is 66.7 cm³/mol. The van der Waals surface area contributed by atoms with Gasteiger partial charge in [0, 0.05) is 18.4 Å². The van der Waals surface area contributed by atoms with Crippen molar-refractivity contribution in [1.29, 1.82) is 0 Å². The predicted octanol–water partition coefficient (Wildman–Crippen LogP) is 1.62. The highest BCUT2D eigenvalue weighted by Gasteiger charge is 1.99. The van der Waals surface area contributed by atoms with Gasteiger partial charge in [0.15, 0.2) is 0 Å². The van der Waals surface area contributed by atoms with Gasteiger partial charge in [-0.2, -0.15) is 0 Å². The number of amides is 1. The molecule has 0 atom stereocenters. The Morgan fingerprint density at radius 3 is 2.93 bits per heavy atom. The Morgan fingerprint density at radius 2 is 2.33 bits per heavy atom. The smallest absolute Gasteiger partial charge is 0.234 e. The Labute approximate surface area is 103 Å². The average molecular weight is 266 g/mol. The first-order valence-corrected chi connectivity index (χ1v) is 6.35. The van der Waals surface area contributed by atoms with Crippen molar-refractivity contribution >= 4 is 39.9 Å². The van der Waals surface area contributed by atoms with Crippen molar-refractivity contribution in [2.75, 3.05) is 5.75 Å². The minimum atomic E-state index is -0.140. The molecule has 15 heavy (non-hydrogen) atoms. The number of carbonyl (C=O) groups is 1. The molecule has 0 unspecified atom stereocenters. The van der Waals surface area contributed by atoms with Crippen LogP contribution in [0.25, 0.3) is 0 Å². The van der Waals surface area contributed by atoms with Crippen molar-refractivity contribution in [2.24, 2.45) is 5.84 Å². The van der Waals surface area contributed by atoms with Gasteiger partial charge < -0.3 is 0 Å². The summed E-state index contributed by atoms with van der Waals surface area (Å²) in [5.41, 5.74) is 2.09. The molecule has 1 rings (SSSR count). The number of carbonyl (C=O) groups excluding carboxylic acids is 1. The summed E-state index contributed by atoms with van der Waals surface area (Å²) in [6.07, 6.45) is 2.18. The first-order valence-electron chi connectivity index (χ1n) is 4.03. The van der Waals surface area contributed by atoms with Crippen molar-refractivity contribution in [2.45, 2.75) is 11.4 Å². The van der Waals surface area contributed by atoms with E-state index in [0.717, 1.165) is 10.8 Å². The molecule has 0 fully saturated rings. The monoisotopic (exact) mass is 265 g/mol. The van der Waals surface area contributed by atoms with E-state index in [4.69, 9.17) is 5.84 Å². The van der Waals surface area contributed by atoms with Gasteiger partial charge in [-0.05, 0) is 22.9 Å². The summed E-state index contributed by atoms with van der Waals surface area (Å²) in [7, 11) is 3.15. The molecule has 1 aromatic rings. The third-order valence-electron chi connectivity index (χ3n) is 1.36. The number of pyridine rings is 1. The summed E-state index contributed by atoms with van der Waals surface area (Å²) < 4.78 is 0. The molecule has 7 heteroatoms. The van der Waals surface area contributed by atoms with Crippen molar-refractivity contribution in [1.82, 2.24) is 10.4 Å². The zero-order chi connectivity index (χ0) is 10.2. The number of hydrazine groups is 1. The number of hydrogen-bond donors (Lipinski definition) is 2. The van der Waals surface area contributed by atoms with E-state index in [-0.39, 0.29) is 18.3 Å². The Morgan fingerprint density at radius 1 is 1.53 bits per heavy atom. The van der Waals surface area contributed by atoms with Gasteiger partial charge in [0.05, 0.1) is 0 Å². The maximum absolute atomic E-state index is 10.7. The van der Waals surface area contributed by atoms with Gasteiger partial charge in [0.1, 0.15) is 5.03 Å². The van der Waals surface area contributed by atoms with E-state index in [2.05, 4.69) is 10.4 Å². The largest absolute Gasteiger partial charge is 0.294 e. The lowest BCUT2D eigenvalue weighted by Crippen LogP contribution is -2.30. The van der Waals surface area contributed by atoms with Gasteiger partial charge in [0.25, 0.3) is 0 Å². The fourth-order valence-electron chi connectivity index (χ4n) is 0.705. The van der Waals surface area contributed by atoms with Crippen molar-refractivity contribution in [3.8, 4) is 0 Å². The molecule has 0 aliphatic rings. The van der Waals surface area contributed by atoms with Gasteiger partial charge in [-0.25, -0.2) is 10.8 Å². The van der Waals surface area contributed by atoms with Crippen LogP contribution >= 0.6 is 34.0 Å². The lowest BCUT2D eigenvalue weighted by molar-refractivity contribution is -0.120. The first kappa shape index (κ1) is 14.6. The quantitative estimate of drug-likeness (QED) is 0.278. The van der Waals surface area contributed by atoms with Gasteiger partial charge in [0.2, 0.25) is 5.91 Å². The molecule has 1 heterocycles. The van der Waals surface area contributed by atoms with Crippen LogP contribution in [0, 0.1) is 0 Å². The summed E-state index contributed by atoms with van der Waals surface area (Å²) in [5.74, 6) is 5.52. The number of nitrogens with zero attached hydrogens (tertiary/aromatic N) is 1. The molecule has 3 N–H and O–H groups in total. The minimum Gasteiger partial charge on any atom is -0.294 e. The third kappa shape index (κ3) is 6.62. The van der Waals surface area contributed by atoms with E-state index in [1.165, 1.54) is 0 Å².